The Labute approximate surface area is 248 Å². The SMILES string of the molecule is C/C=c1/c(-c2cccc(-c3ccc(C4=CCCC=C4)cc3)c2)c2ccccc2c(-c2cccc3ccccc23)/c1=C/C. The fourth-order valence-electron chi connectivity index (χ4n) is 6.66. The summed E-state index contributed by atoms with van der Waals surface area (Å²) in [4.78, 5) is 0. The maximum atomic E-state index is 2.36. The smallest absolute Gasteiger partial charge is 0.00236 e. The monoisotopic (exact) mass is 538 g/mol. The third-order valence-electron chi connectivity index (χ3n) is 8.63. The summed E-state index contributed by atoms with van der Waals surface area (Å²) in [5.74, 6) is 0. The van der Waals surface area contributed by atoms with E-state index in [0.29, 0.717) is 0 Å². The van der Waals surface area contributed by atoms with Gasteiger partial charge in [-0.1, -0.05) is 140 Å². The van der Waals surface area contributed by atoms with Crippen molar-refractivity contribution in [1.29, 1.82) is 0 Å². The van der Waals surface area contributed by atoms with Gasteiger partial charge >= 0.3 is 0 Å². The fourth-order valence-corrected chi connectivity index (χ4v) is 6.66. The number of rotatable bonds is 4. The van der Waals surface area contributed by atoms with Gasteiger partial charge in [-0.05, 0) is 109 Å². The largest absolute Gasteiger partial charge is 0.0836 e. The van der Waals surface area contributed by atoms with E-state index in [2.05, 4.69) is 159 Å². The molecular weight excluding hydrogens is 504 g/mol. The summed E-state index contributed by atoms with van der Waals surface area (Å²) < 4.78 is 0. The lowest BCUT2D eigenvalue weighted by atomic mass is 9.86. The van der Waals surface area contributed by atoms with Crippen LogP contribution in [0.3, 0.4) is 0 Å². The highest BCUT2D eigenvalue weighted by Gasteiger charge is 2.16. The van der Waals surface area contributed by atoms with Crippen LogP contribution in [-0.4, -0.2) is 0 Å². The first-order valence-electron chi connectivity index (χ1n) is 15.0. The first-order valence-corrected chi connectivity index (χ1v) is 15.0. The van der Waals surface area contributed by atoms with Crippen LogP contribution in [0.4, 0.5) is 0 Å². The van der Waals surface area contributed by atoms with E-state index in [4.69, 9.17) is 0 Å². The maximum Gasteiger partial charge on any atom is -0.00236 e. The minimum absolute atomic E-state index is 1.12. The zero-order valence-electron chi connectivity index (χ0n) is 24.3. The summed E-state index contributed by atoms with van der Waals surface area (Å²) in [5, 5.41) is 7.68. The van der Waals surface area contributed by atoms with E-state index in [9.17, 15) is 0 Å². The molecule has 0 saturated carbocycles. The predicted molar refractivity (Wildman–Crippen MR) is 184 cm³/mol. The standard InChI is InChI=1S/C42H34/c1-3-35-36(4-2)42(38-23-13-17-32-16-8-9-20-37(32)38)40-22-11-10-21-39(40)41(35)34-19-12-18-33(28-34)31-26-24-30(25-27-31)29-14-6-5-7-15-29/h3-4,6,8-28H,5,7H2,1-2H3/b35-3+,36-4+. The fraction of sp³-hybridized carbons (Fsp3) is 0.0952. The lowest BCUT2D eigenvalue weighted by Gasteiger charge is -2.17. The molecule has 0 atom stereocenters. The van der Waals surface area contributed by atoms with Crippen LogP contribution in [0.1, 0.15) is 32.3 Å². The molecule has 0 fully saturated rings. The summed E-state index contributed by atoms with van der Waals surface area (Å²) in [6.07, 6.45) is 13.7. The van der Waals surface area contributed by atoms with Gasteiger partial charge in [0.1, 0.15) is 0 Å². The predicted octanol–water partition coefficient (Wildman–Crippen LogP) is 10.3. The molecule has 0 heteroatoms. The third kappa shape index (κ3) is 4.50. The van der Waals surface area contributed by atoms with E-state index in [1.165, 1.54) is 76.5 Å². The molecule has 42 heavy (non-hydrogen) atoms. The molecule has 1 aliphatic carbocycles. The molecule has 0 nitrogen and oxygen atoms in total. The highest BCUT2D eigenvalue weighted by Crippen LogP contribution is 2.36. The van der Waals surface area contributed by atoms with Crippen molar-refractivity contribution < 1.29 is 0 Å². The molecule has 0 aliphatic heterocycles. The average molecular weight is 539 g/mol. The van der Waals surface area contributed by atoms with Gasteiger partial charge in [0.2, 0.25) is 0 Å². The van der Waals surface area contributed by atoms with Crippen LogP contribution in [0, 0.1) is 0 Å². The molecule has 0 bridgehead atoms. The second kappa shape index (κ2) is 11.1. The Balaban J connectivity index is 1.44. The topological polar surface area (TPSA) is 0 Å². The molecule has 0 spiro atoms. The van der Waals surface area contributed by atoms with E-state index in [-0.39, 0.29) is 0 Å². The quantitative estimate of drug-likeness (QED) is 0.209. The number of hydrogen-bond donors (Lipinski definition) is 0. The van der Waals surface area contributed by atoms with Crippen LogP contribution in [0.2, 0.25) is 0 Å². The number of allylic oxidation sites excluding steroid dienone is 4. The molecule has 0 radical (unpaired) electrons. The minimum atomic E-state index is 1.12. The van der Waals surface area contributed by atoms with Crippen molar-refractivity contribution in [2.45, 2.75) is 26.7 Å². The normalized spacial score (nSPS) is 14.1. The second-order valence-electron chi connectivity index (χ2n) is 11.0. The molecular formula is C42H34. The van der Waals surface area contributed by atoms with Gasteiger partial charge in [0.15, 0.2) is 0 Å². The van der Waals surface area contributed by atoms with Crippen LogP contribution >= 0.6 is 0 Å². The van der Waals surface area contributed by atoms with E-state index in [1.807, 2.05) is 0 Å². The van der Waals surface area contributed by atoms with Crippen molar-refractivity contribution in [3.8, 4) is 33.4 Å². The lowest BCUT2D eigenvalue weighted by Crippen LogP contribution is -2.29. The Morgan fingerprint density at radius 1 is 0.500 bits per heavy atom. The second-order valence-corrected chi connectivity index (χ2v) is 11.0. The molecule has 6 aromatic rings. The molecule has 202 valence electrons. The van der Waals surface area contributed by atoms with Gasteiger partial charge in [-0.2, -0.15) is 0 Å². The number of benzene rings is 6. The molecule has 0 saturated heterocycles. The Bertz CT molecular complexity index is 2130. The molecule has 7 rings (SSSR count). The van der Waals surface area contributed by atoms with Crippen LogP contribution < -0.4 is 10.4 Å². The van der Waals surface area contributed by atoms with E-state index >= 15 is 0 Å². The molecule has 1 aliphatic rings. The first-order chi connectivity index (χ1) is 20.8. The number of fused-ring (bicyclic) bond motifs is 2. The Kier molecular flexibility index (Phi) is 6.90. The Hall–Kier alpha value is -4.94. The van der Waals surface area contributed by atoms with Gasteiger partial charge in [-0.3, -0.25) is 0 Å². The van der Waals surface area contributed by atoms with E-state index in [0.717, 1.165) is 12.8 Å². The summed E-state index contributed by atoms with van der Waals surface area (Å²) >= 11 is 0. The van der Waals surface area contributed by atoms with Gasteiger partial charge in [0.25, 0.3) is 0 Å². The molecule has 0 aromatic heterocycles. The lowest BCUT2D eigenvalue weighted by molar-refractivity contribution is 1.04. The molecule has 0 amide bonds. The van der Waals surface area contributed by atoms with Gasteiger partial charge in [-0.15, -0.1) is 0 Å². The summed E-state index contributed by atoms with van der Waals surface area (Å²) in [6, 6.07) is 42.4. The number of hydrogen-bond acceptors (Lipinski definition) is 0. The van der Waals surface area contributed by atoms with Crippen LogP contribution in [0.15, 0.2) is 133 Å². The van der Waals surface area contributed by atoms with Crippen LogP contribution in [0.25, 0.3) is 72.7 Å². The van der Waals surface area contributed by atoms with Crippen LogP contribution in [-0.2, 0) is 0 Å². The minimum Gasteiger partial charge on any atom is -0.0836 e. The van der Waals surface area contributed by atoms with Crippen molar-refractivity contribution in [2.24, 2.45) is 0 Å². The van der Waals surface area contributed by atoms with Crippen molar-refractivity contribution >= 4 is 39.3 Å². The Morgan fingerprint density at radius 2 is 1.12 bits per heavy atom. The zero-order chi connectivity index (χ0) is 28.5. The highest BCUT2D eigenvalue weighted by atomic mass is 14.2. The van der Waals surface area contributed by atoms with Gasteiger partial charge in [-0.25, -0.2) is 0 Å². The van der Waals surface area contributed by atoms with Crippen LogP contribution in [0.5, 0.6) is 0 Å². The van der Waals surface area contributed by atoms with Gasteiger partial charge in [0, 0.05) is 0 Å². The highest BCUT2D eigenvalue weighted by molar-refractivity contribution is 6.10. The van der Waals surface area contributed by atoms with E-state index < -0.39 is 0 Å². The van der Waals surface area contributed by atoms with Gasteiger partial charge in [0.05, 0.1) is 0 Å². The zero-order valence-corrected chi connectivity index (χ0v) is 24.3. The average Bonchev–Trinajstić information content (AvgIpc) is 3.07. The Morgan fingerprint density at radius 3 is 1.86 bits per heavy atom. The van der Waals surface area contributed by atoms with Crippen molar-refractivity contribution in [1.82, 2.24) is 0 Å². The summed E-state index contributed by atoms with van der Waals surface area (Å²) in [7, 11) is 0. The van der Waals surface area contributed by atoms with E-state index in [1.54, 1.807) is 0 Å². The molecule has 0 N–H and O–H groups in total. The maximum absolute atomic E-state index is 2.36. The van der Waals surface area contributed by atoms with Crippen molar-refractivity contribution in [2.75, 3.05) is 0 Å². The summed E-state index contributed by atoms with van der Waals surface area (Å²) in [6.45, 7) is 4.34. The van der Waals surface area contributed by atoms with Crippen molar-refractivity contribution in [3.63, 3.8) is 0 Å². The summed E-state index contributed by atoms with van der Waals surface area (Å²) in [5.41, 5.74) is 10.2. The molecule has 0 unspecified atom stereocenters. The first kappa shape index (κ1) is 26.0. The third-order valence-corrected chi connectivity index (χ3v) is 8.63. The molecule has 6 aromatic carbocycles. The molecule has 0 heterocycles. The van der Waals surface area contributed by atoms with Crippen molar-refractivity contribution in [3.05, 3.63) is 149 Å². The van der Waals surface area contributed by atoms with Gasteiger partial charge < -0.3 is 0 Å².